The number of amides is 1. The summed E-state index contributed by atoms with van der Waals surface area (Å²) in [4.78, 5) is 15.0. The molecular weight excluding hydrogens is 320 g/mol. The Bertz CT molecular complexity index is 627. The molecule has 0 saturated carbocycles. The van der Waals surface area contributed by atoms with E-state index in [2.05, 4.69) is 0 Å². The van der Waals surface area contributed by atoms with Crippen molar-refractivity contribution in [3.05, 3.63) is 17.0 Å². The topological polar surface area (TPSA) is 57.7 Å². The highest BCUT2D eigenvalue weighted by molar-refractivity contribution is 7.91. The second kappa shape index (κ2) is 6.68. The van der Waals surface area contributed by atoms with E-state index >= 15 is 0 Å². The van der Waals surface area contributed by atoms with Crippen molar-refractivity contribution in [3.63, 3.8) is 0 Å². The Morgan fingerprint density at radius 3 is 2.32 bits per heavy atom. The highest BCUT2D eigenvalue weighted by atomic mass is 32.2. The van der Waals surface area contributed by atoms with Crippen LogP contribution in [0.5, 0.6) is 0 Å². The van der Waals surface area contributed by atoms with E-state index in [0.29, 0.717) is 23.7 Å². The summed E-state index contributed by atoms with van der Waals surface area (Å²) >= 11 is 1.24. The number of piperidine rings is 1. The van der Waals surface area contributed by atoms with Crippen LogP contribution < -0.4 is 0 Å². The third kappa shape index (κ3) is 3.36. The molecule has 22 heavy (non-hydrogen) atoms. The minimum Gasteiger partial charge on any atom is -0.342 e. The summed E-state index contributed by atoms with van der Waals surface area (Å²) in [6.45, 7) is 2.90. The van der Waals surface area contributed by atoms with Crippen LogP contribution in [0.3, 0.4) is 0 Å². The van der Waals surface area contributed by atoms with Crippen LogP contribution in [-0.4, -0.2) is 49.7 Å². The van der Waals surface area contributed by atoms with Gasteiger partial charge in [0.25, 0.3) is 10.0 Å². The van der Waals surface area contributed by atoms with Crippen LogP contribution in [0.25, 0.3) is 0 Å². The molecule has 7 heteroatoms. The van der Waals surface area contributed by atoms with Gasteiger partial charge in [-0.2, -0.15) is 4.31 Å². The molecule has 1 aromatic rings. The number of likely N-dealkylation sites (tertiary alicyclic amines) is 1. The number of carbonyl (C=O) groups is 1. The van der Waals surface area contributed by atoms with Crippen molar-refractivity contribution in [3.8, 4) is 0 Å². The van der Waals surface area contributed by atoms with E-state index in [0.717, 1.165) is 43.6 Å². The zero-order valence-electron chi connectivity index (χ0n) is 12.7. The molecule has 1 aromatic heterocycles. The number of carbonyl (C=O) groups excluding carboxylic acids is 1. The second-order valence-corrected chi connectivity index (χ2v) is 9.28. The lowest BCUT2D eigenvalue weighted by Crippen LogP contribution is -2.36. The lowest BCUT2D eigenvalue weighted by Gasteiger charge is -2.26. The molecule has 2 fully saturated rings. The number of hydrogen-bond acceptors (Lipinski definition) is 4. The number of hydrogen-bond donors (Lipinski definition) is 0. The van der Waals surface area contributed by atoms with E-state index in [1.165, 1.54) is 17.8 Å². The molecule has 0 bridgehead atoms. The van der Waals surface area contributed by atoms with Crippen molar-refractivity contribution in [1.29, 1.82) is 0 Å². The van der Waals surface area contributed by atoms with Crippen molar-refractivity contribution >= 4 is 27.3 Å². The van der Waals surface area contributed by atoms with Gasteiger partial charge in [-0.3, -0.25) is 4.79 Å². The Kier molecular flexibility index (Phi) is 4.84. The van der Waals surface area contributed by atoms with Crippen LogP contribution >= 0.6 is 11.3 Å². The van der Waals surface area contributed by atoms with Crippen LogP contribution in [0.4, 0.5) is 0 Å². The van der Waals surface area contributed by atoms with Gasteiger partial charge in [-0.05, 0) is 44.2 Å². The molecule has 0 N–H and O–H groups in total. The van der Waals surface area contributed by atoms with E-state index in [-0.39, 0.29) is 5.91 Å². The maximum atomic E-state index is 12.5. The first-order valence-electron chi connectivity index (χ1n) is 7.94. The van der Waals surface area contributed by atoms with Crippen molar-refractivity contribution in [2.75, 3.05) is 26.2 Å². The van der Waals surface area contributed by atoms with Crippen LogP contribution in [0, 0.1) is 0 Å². The molecule has 5 nitrogen and oxygen atoms in total. The van der Waals surface area contributed by atoms with Crippen LogP contribution in [0.2, 0.25) is 0 Å². The van der Waals surface area contributed by atoms with Gasteiger partial charge >= 0.3 is 0 Å². The molecule has 122 valence electrons. The lowest BCUT2D eigenvalue weighted by atomic mass is 10.1. The van der Waals surface area contributed by atoms with E-state index < -0.39 is 10.0 Å². The van der Waals surface area contributed by atoms with Crippen molar-refractivity contribution < 1.29 is 13.2 Å². The van der Waals surface area contributed by atoms with Crippen LogP contribution in [0.1, 0.15) is 37.0 Å². The molecule has 0 atom stereocenters. The molecular formula is C15H22N2O3S2. The minimum atomic E-state index is -3.35. The highest BCUT2D eigenvalue weighted by Crippen LogP contribution is 2.28. The molecule has 2 saturated heterocycles. The summed E-state index contributed by atoms with van der Waals surface area (Å²) in [7, 11) is -3.35. The number of nitrogens with zero attached hydrogens (tertiary/aromatic N) is 2. The zero-order chi connectivity index (χ0) is 15.6. The van der Waals surface area contributed by atoms with Crippen LogP contribution in [-0.2, 0) is 21.2 Å². The summed E-state index contributed by atoms with van der Waals surface area (Å²) in [6, 6.07) is 3.44. The summed E-state index contributed by atoms with van der Waals surface area (Å²) in [5.41, 5.74) is 0. The Hall–Kier alpha value is -0.920. The zero-order valence-corrected chi connectivity index (χ0v) is 14.3. The second-order valence-electron chi connectivity index (χ2n) is 5.95. The fourth-order valence-corrected chi connectivity index (χ4v) is 6.07. The molecule has 0 aliphatic carbocycles. The van der Waals surface area contributed by atoms with E-state index in [4.69, 9.17) is 0 Å². The first-order chi connectivity index (χ1) is 10.6. The molecule has 0 unspecified atom stereocenters. The Morgan fingerprint density at radius 2 is 1.64 bits per heavy atom. The minimum absolute atomic E-state index is 0.117. The Balaban J connectivity index is 1.67. The van der Waals surface area contributed by atoms with Crippen molar-refractivity contribution in [2.45, 2.75) is 42.7 Å². The SMILES string of the molecule is O=C(Cc1ccc(S(=O)(=O)N2CCCC2)s1)N1CCCCC1. The maximum absolute atomic E-state index is 12.5. The molecule has 1 amide bonds. The number of rotatable bonds is 4. The van der Waals surface area contributed by atoms with Crippen molar-refractivity contribution in [2.24, 2.45) is 0 Å². The highest BCUT2D eigenvalue weighted by Gasteiger charge is 2.29. The normalized spacial score (nSPS) is 20.5. The van der Waals surface area contributed by atoms with Gasteiger partial charge in [-0.15, -0.1) is 11.3 Å². The van der Waals surface area contributed by atoms with Crippen LogP contribution in [0.15, 0.2) is 16.3 Å². The molecule has 0 aromatic carbocycles. The monoisotopic (exact) mass is 342 g/mol. The summed E-state index contributed by atoms with van der Waals surface area (Å²) in [5.74, 6) is 0.117. The van der Waals surface area contributed by atoms with E-state index in [9.17, 15) is 13.2 Å². The van der Waals surface area contributed by atoms with Crippen molar-refractivity contribution in [1.82, 2.24) is 9.21 Å². The van der Waals surface area contributed by atoms with Gasteiger partial charge in [-0.25, -0.2) is 8.42 Å². The summed E-state index contributed by atoms with van der Waals surface area (Å²) in [5, 5.41) is 0. The molecule has 0 radical (unpaired) electrons. The average molecular weight is 342 g/mol. The molecule has 3 rings (SSSR count). The van der Waals surface area contributed by atoms with Gasteiger partial charge in [0.15, 0.2) is 0 Å². The third-order valence-electron chi connectivity index (χ3n) is 4.33. The molecule has 3 heterocycles. The number of sulfonamides is 1. The standard InChI is InChI=1S/C15H22N2O3S2/c18-14(16-8-2-1-3-9-16)12-13-6-7-15(21-13)22(19,20)17-10-4-5-11-17/h6-7H,1-5,8-12H2. The van der Waals surface area contributed by atoms with Gasteiger partial charge < -0.3 is 4.90 Å². The summed E-state index contributed by atoms with van der Waals surface area (Å²) < 4.78 is 26.9. The Labute approximate surface area is 136 Å². The molecule has 2 aliphatic rings. The first kappa shape index (κ1) is 16.0. The molecule has 0 spiro atoms. The summed E-state index contributed by atoms with van der Waals surface area (Å²) in [6.07, 6.45) is 5.53. The fraction of sp³-hybridized carbons (Fsp3) is 0.667. The average Bonchev–Trinajstić information content (AvgIpc) is 3.20. The lowest BCUT2D eigenvalue weighted by molar-refractivity contribution is -0.131. The predicted octanol–water partition coefficient (Wildman–Crippen LogP) is 2.09. The van der Waals surface area contributed by atoms with E-state index in [1.54, 1.807) is 16.4 Å². The maximum Gasteiger partial charge on any atom is 0.252 e. The van der Waals surface area contributed by atoms with E-state index in [1.807, 2.05) is 4.90 Å². The quantitative estimate of drug-likeness (QED) is 0.842. The van der Waals surface area contributed by atoms with Gasteiger partial charge in [0.1, 0.15) is 4.21 Å². The van der Waals surface area contributed by atoms with Gasteiger partial charge in [0.05, 0.1) is 6.42 Å². The fourth-order valence-electron chi connectivity index (χ4n) is 3.05. The Morgan fingerprint density at radius 1 is 1.00 bits per heavy atom. The largest absolute Gasteiger partial charge is 0.342 e. The van der Waals surface area contributed by atoms with Gasteiger partial charge in [0, 0.05) is 31.1 Å². The van der Waals surface area contributed by atoms with Gasteiger partial charge in [-0.1, -0.05) is 0 Å². The number of thiophene rings is 1. The van der Waals surface area contributed by atoms with Gasteiger partial charge in [0.2, 0.25) is 5.91 Å². The molecule has 2 aliphatic heterocycles. The predicted molar refractivity (Wildman–Crippen MR) is 86.4 cm³/mol. The smallest absolute Gasteiger partial charge is 0.252 e. The first-order valence-corrected chi connectivity index (χ1v) is 10.2. The third-order valence-corrected chi connectivity index (χ3v) is 7.78.